The number of imide groups is 1. The molecule has 0 spiro atoms. The maximum Gasteiger partial charge on any atom is 0.238 e. The molecule has 1 aromatic rings. The number of ketones is 2. The lowest BCUT2D eigenvalue weighted by atomic mass is 9.58. The molecule has 2 amide bonds. The smallest absolute Gasteiger partial charge is 0.238 e. The molecule has 3 saturated carbocycles. The minimum absolute atomic E-state index is 0.0427. The number of nitrogens with zero attached hydrogens (tertiary/aromatic N) is 1. The van der Waals surface area contributed by atoms with Gasteiger partial charge in [0, 0.05) is 24.7 Å². The summed E-state index contributed by atoms with van der Waals surface area (Å²) in [5.41, 5.74) is 2.61. The molecule has 1 saturated heterocycles. The van der Waals surface area contributed by atoms with E-state index in [1.54, 1.807) is 6.07 Å². The summed E-state index contributed by atoms with van der Waals surface area (Å²) in [4.78, 5) is 51.1. The molecular formula is C18H17NO4. The van der Waals surface area contributed by atoms with Crippen molar-refractivity contribution in [2.75, 3.05) is 4.90 Å². The van der Waals surface area contributed by atoms with Gasteiger partial charge in [-0.2, -0.15) is 0 Å². The van der Waals surface area contributed by atoms with Crippen LogP contribution in [0.1, 0.15) is 24.0 Å². The molecule has 1 aromatic carbocycles. The molecule has 5 rings (SSSR count). The van der Waals surface area contributed by atoms with Crippen molar-refractivity contribution < 1.29 is 19.2 Å². The quantitative estimate of drug-likeness (QED) is 0.738. The summed E-state index contributed by atoms with van der Waals surface area (Å²) < 4.78 is 0. The van der Waals surface area contributed by atoms with Crippen molar-refractivity contribution in [3.8, 4) is 0 Å². The van der Waals surface area contributed by atoms with Crippen LogP contribution in [0.3, 0.4) is 0 Å². The molecule has 1 aliphatic heterocycles. The molecule has 23 heavy (non-hydrogen) atoms. The molecule has 5 heteroatoms. The number of Topliss-reactive ketones (excluding diaryl/α,β-unsaturated/α-hetero) is 2. The molecule has 118 valence electrons. The molecule has 4 aliphatic rings. The number of hydrogen-bond donors (Lipinski definition) is 0. The highest BCUT2D eigenvalue weighted by Gasteiger charge is 2.63. The molecule has 3 aliphatic carbocycles. The van der Waals surface area contributed by atoms with Gasteiger partial charge in [-0.05, 0) is 37.1 Å². The normalized spacial score (nSPS) is 32.7. The molecule has 0 N–H and O–H groups in total. The monoisotopic (exact) mass is 311 g/mol. The van der Waals surface area contributed by atoms with Crippen molar-refractivity contribution in [1.82, 2.24) is 0 Å². The van der Waals surface area contributed by atoms with Gasteiger partial charge in [0.1, 0.15) is 11.6 Å². The lowest BCUT2D eigenvalue weighted by Crippen LogP contribution is -2.51. The van der Waals surface area contributed by atoms with E-state index in [1.807, 2.05) is 26.0 Å². The van der Waals surface area contributed by atoms with E-state index in [1.165, 1.54) is 4.90 Å². The lowest BCUT2D eigenvalue weighted by Gasteiger charge is -2.40. The molecule has 2 bridgehead atoms. The second-order valence-electron chi connectivity index (χ2n) is 6.89. The number of carbonyl (C=O) groups excluding carboxylic acids is 4. The Kier molecular flexibility index (Phi) is 2.86. The van der Waals surface area contributed by atoms with Crippen molar-refractivity contribution in [3.05, 3.63) is 29.3 Å². The molecule has 0 unspecified atom stereocenters. The summed E-state index contributed by atoms with van der Waals surface area (Å²) in [7, 11) is 0. The van der Waals surface area contributed by atoms with Gasteiger partial charge in [0.2, 0.25) is 11.8 Å². The number of carbonyl (C=O) groups is 4. The summed E-state index contributed by atoms with van der Waals surface area (Å²) in [5.74, 6) is -3.23. The predicted molar refractivity (Wildman–Crippen MR) is 81.6 cm³/mol. The first-order valence-corrected chi connectivity index (χ1v) is 7.90. The Morgan fingerprint density at radius 3 is 1.83 bits per heavy atom. The zero-order chi connectivity index (χ0) is 16.5. The largest absolute Gasteiger partial charge is 0.299 e. The van der Waals surface area contributed by atoms with Crippen molar-refractivity contribution in [2.24, 2.45) is 23.7 Å². The zero-order valence-corrected chi connectivity index (χ0v) is 13.0. The van der Waals surface area contributed by atoms with E-state index in [0.717, 1.165) is 11.1 Å². The first-order valence-electron chi connectivity index (χ1n) is 7.90. The van der Waals surface area contributed by atoms with Gasteiger partial charge < -0.3 is 0 Å². The Balaban J connectivity index is 1.79. The van der Waals surface area contributed by atoms with Gasteiger partial charge in [-0.1, -0.05) is 6.07 Å². The van der Waals surface area contributed by atoms with E-state index >= 15 is 0 Å². The van der Waals surface area contributed by atoms with E-state index in [-0.39, 0.29) is 36.2 Å². The van der Waals surface area contributed by atoms with E-state index in [4.69, 9.17) is 0 Å². The molecule has 1 heterocycles. The number of anilines is 1. The predicted octanol–water partition coefficient (Wildman–Crippen LogP) is 1.59. The highest BCUT2D eigenvalue weighted by molar-refractivity contribution is 6.25. The fourth-order valence-electron chi connectivity index (χ4n) is 4.30. The topological polar surface area (TPSA) is 71.5 Å². The van der Waals surface area contributed by atoms with Crippen LogP contribution in [0.15, 0.2) is 18.2 Å². The first-order chi connectivity index (χ1) is 10.9. The van der Waals surface area contributed by atoms with Gasteiger partial charge >= 0.3 is 0 Å². The molecule has 5 nitrogen and oxygen atoms in total. The van der Waals surface area contributed by atoms with Crippen LogP contribution in [0, 0.1) is 37.5 Å². The molecular weight excluding hydrogens is 294 g/mol. The van der Waals surface area contributed by atoms with Crippen LogP contribution in [0.4, 0.5) is 5.69 Å². The van der Waals surface area contributed by atoms with Crippen molar-refractivity contribution in [3.63, 3.8) is 0 Å². The van der Waals surface area contributed by atoms with Crippen LogP contribution >= 0.6 is 0 Å². The Labute approximate surface area is 133 Å². The van der Waals surface area contributed by atoms with E-state index < -0.39 is 23.7 Å². The van der Waals surface area contributed by atoms with Gasteiger partial charge in [-0.3, -0.25) is 24.1 Å². The van der Waals surface area contributed by atoms with Crippen molar-refractivity contribution in [2.45, 2.75) is 26.7 Å². The minimum Gasteiger partial charge on any atom is -0.299 e. The maximum absolute atomic E-state index is 12.8. The second-order valence-corrected chi connectivity index (χ2v) is 6.89. The van der Waals surface area contributed by atoms with Crippen LogP contribution in [-0.4, -0.2) is 23.4 Å². The highest BCUT2D eigenvalue weighted by Crippen LogP contribution is 2.50. The number of amides is 2. The number of benzene rings is 1. The Hall–Kier alpha value is -2.30. The van der Waals surface area contributed by atoms with Gasteiger partial charge in [-0.15, -0.1) is 0 Å². The van der Waals surface area contributed by atoms with Crippen LogP contribution < -0.4 is 4.90 Å². The molecule has 4 atom stereocenters. The second kappa shape index (κ2) is 4.60. The average molecular weight is 311 g/mol. The lowest BCUT2D eigenvalue weighted by molar-refractivity contribution is -0.153. The van der Waals surface area contributed by atoms with E-state index in [0.29, 0.717) is 5.69 Å². The van der Waals surface area contributed by atoms with Gasteiger partial charge in [0.05, 0.1) is 17.5 Å². The van der Waals surface area contributed by atoms with E-state index in [2.05, 4.69) is 0 Å². The van der Waals surface area contributed by atoms with Gasteiger partial charge in [0.25, 0.3) is 0 Å². The third-order valence-corrected chi connectivity index (χ3v) is 5.68. The third kappa shape index (κ3) is 1.79. The fraction of sp³-hybridized carbons (Fsp3) is 0.444. The number of fused-ring (bicyclic) bond motifs is 2. The molecule has 4 fully saturated rings. The number of rotatable bonds is 1. The minimum atomic E-state index is -0.645. The third-order valence-electron chi connectivity index (χ3n) is 5.68. The summed E-state index contributed by atoms with van der Waals surface area (Å²) >= 11 is 0. The molecule has 0 aromatic heterocycles. The SMILES string of the molecule is Cc1ccc(N2C(=O)[C@H]3[C@H](C2=O)[C@H]2CC(=O)[C@@H]3CC2=O)cc1C. The Bertz CT molecular complexity index is 741. The number of hydrogen-bond acceptors (Lipinski definition) is 4. The standard InChI is InChI=1S/C18H17NO4/c1-8-3-4-10(5-9(8)2)19-17(22)15-11-6-13(20)12(7-14(11)21)16(15)18(19)23/h3-5,11-12,15-16H,6-7H2,1-2H3/t11-,12-,15+,16+/m0/s1. The summed E-state index contributed by atoms with van der Waals surface area (Å²) in [6.07, 6.45) is 0.231. The van der Waals surface area contributed by atoms with Crippen LogP contribution in [0.25, 0.3) is 0 Å². The van der Waals surface area contributed by atoms with Crippen LogP contribution in [-0.2, 0) is 19.2 Å². The highest BCUT2D eigenvalue weighted by atomic mass is 16.2. The van der Waals surface area contributed by atoms with Crippen LogP contribution in [0.5, 0.6) is 0 Å². The van der Waals surface area contributed by atoms with Gasteiger partial charge in [-0.25, -0.2) is 0 Å². The summed E-state index contributed by atoms with van der Waals surface area (Å²) in [5, 5.41) is 0. The first kappa shape index (κ1) is 14.3. The van der Waals surface area contributed by atoms with Crippen LogP contribution in [0.2, 0.25) is 0 Å². The summed E-state index contributed by atoms with van der Waals surface area (Å²) in [6, 6.07) is 5.44. The Morgan fingerprint density at radius 1 is 0.826 bits per heavy atom. The fourth-order valence-corrected chi connectivity index (χ4v) is 4.30. The zero-order valence-electron chi connectivity index (χ0n) is 13.0. The number of aryl methyl sites for hydroxylation is 2. The van der Waals surface area contributed by atoms with Gasteiger partial charge in [0.15, 0.2) is 0 Å². The Morgan fingerprint density at radius 2 is 1.35 bits per heavy atom. The average Bonchev–Trinajstić information content (AvgIpc) is 2.77. The van der Waals surface area contributed by atoms with Crippen molar-refractivity contribution in [1.29, 1.82) is 0 Å². The summed E-state index contributed by atoms with van der Waals surface area (Å²) in [6.45, 7) is 3.89. The molecule has 0 radical (unpaired) electrons. The van der Waals surface area contributed by atoms with E-state index in [9.17, 15) is 19.2 Å². The van der Waals surface area contributed by atoms with Crippen molar-refractivity contribution >= 4 is 29.1 Å². The maximum atomic E-state index is 12.8.